The summed E-state index contributed by atoms with van der Waals surface area (Å²) in [5.74, 6) is 0. The number of fused-ring (bicyclic) bond motifs is 7. The third kappa shape index (κ3) is 6.09. The van der Waals surface area contributed by atoms with E-state index in [1.54, 1.807) is 0 Å². The van der Waals surface area contributed by atoms with Gasteiger partial charge < -0.3 is 9.47 Å². The zero-order valence-corrected chi connectivity index (χ0v) is 34.1. The number of nitrogens with zero attached hydrogens (tertiary/aromatic N) is 2. The molecule has 0 aliphatic carbocycles. The molecule has 0 aliphatic rings. The van der Waals surface area contributed by atoms with Gasteiger partial charge in [-0.1, -0.05) is 158 Å². The smallest absolute Gasteiger partial charge is 0.0541 e. The first-order chi connectivity index (χ1) is 30.2. The van der Waals surface area contributed by atoms with E-state index in [4.69, 9.17) is 0 Å². The fourth-order valence-corrected chi connectivity index (χ4v) is 10.3. The van der Waals surface area contributed by atoms with Crippen molar-refractivity contribution < 1.29 is 0 Å². The first-order valence-electron chi connectivity index (χ1n) is 20.8. The minimum atomic E-state index is 1.08. The average molecular weight is 795 g/mol. The van der Waals surface area contributed by atoms with Gasteiger partial charge in [0.1, 0.15) is 0 Å². The van der Waals surface area contributed by atoms with Crippen LogP contribution in [0.3, 0.4) is 0 Å². The maximum Gasteiger partial charge on any atom is 0.0541 e. The predicted molar refractivity (Wildman–Crippen MR) is 262 cm³/mol. The molecule has 0 aliphatic heterocycles. The van der Waals surface area contributed by atoms with E-state index in [0.717, 1.165) is 22.7 Å². The molecule has 0 atom stereocenters. The van der Waals surface area contributed by atoms with Gasteiger partial charge in [-0.3, -0.25) is 0 Å². The summed E-state index contributed by atoms with van der Waals surface area (Å²) in [6.07, 6.45) is 0. The molecule has 2 aromatic heterocycles. The van der Waals surface area contributed by atoms with Crippen molar-refractivity contribution in [2.75, 3.05) is 4.90 Å². The van der Waals surface area contributed by atoms with Crippen LogP contribution >= 0.6 is 11.3 Å². The second-order valence-electron chi connectivity index (χ2n) is 15.7. The van der Waals surface area contributed by atoms with Crippen LogP contribution in [0.5, 0.6) is 0 Å². The molecule has 2 heterocycles. The number of thiophene rings is 1. The van der Waals surface area contributed by atoms with E-state index in [2.05, 4.69) is 240 Å². The predicted octanol–water partition coefficient (Wildman–Crippen LogP) is 16.8. The molecule has 0 bridgehead atoms. The Morgan fingerprint density at radius 3 is 1.67 bits per heavy atom. The summed E-state index contributed by atoms with van der Waals surface area (Å²) in [4.78, 5) is 2.43. The molecule has 0 radical (unpaired) electrons. The first kappa shape index (κ1) is 35.2. The van der Waals surface area contributed by atoms with Crippen LogP contribution < -0.4 is 4.90 Å². The van der Waals surface area contributed by atoms with Crippen molar-refractivity contribution in [3.05, 3.63) is 231 Å². The van der Waals surface area contributed by atoms with Crippen LogP contribution in [0.4, 0.5) is 17.1 Å². The molecule has 0 N–H and O–H groups in total. The summed E-state index contributed by atoms with van der Waals surface area (Å²) in [5, 5.41) is 7.62. The van der Waals surface area contributed by atoms with Gasteiger partial charge in [-0.15, -0.1) is 11.3 Å². The highest BCUT2D eigenvalue weighted by atomic mass is 32.1. The summed E-state index contributed by atoms with van der Waals surface area (Å²) in [6, 6.07) is 84.3. The second-order valence-corrected chi connectivity index (χ2v) is 16.8. The highest BCUT2D eigenvalue weighted by Gasteiger charge is 2.20. The highest BCUT2D eigenvalue weighted by molar-refractivity contribution is 7.25. The molecule has 61 heavy (non-hydrogen) atoms. The van der Waals surface area contributed by atoms with Gasteiger partial charge in [0.2, 0.25) is 0 Å². The highest BCUT2D eigenvalue weighted by Crippen LogP contribution is 2.44. The number of aromatic nitrogens is 1. The molecule has 2 nitrogen and oxygen atoms in total. The van der Waals surface area contributed by atoms with Crippen LogP contribution in [0.15, 0.2) is 231 Å². The van der Waals surface area contributed by atoms with E-state index in [1.165, 1.54) is 86.1 Å². The Morgan fingerprint density at radius 1 is 0.328 bits per heavy atom. The second kappa shape index (κ2) is 14.5. The third-order valence-corrected chi connectivity index (χ3v) is 13.3. The third-order valence-electron chi connectivity index (χ3n) is 12.2. The molecule has 0 saturated carbocycles. The number of benzene rings is 10. The molecule has 3 heteroatoms. The molecule has 12 rings (SSSR count). The molecule has 0 unspecified atom stereocenters. The molecule has 10 aromatic carbocycles. The molecule has 0 fully saturated rings. The topological polar surface area (TPSA) is 8.17 Å². The van der Waals surface area contributed by atoms with Crippen molar-refractivity contribution in [1.29, 1.82) is 0 Å². The monoisotopic (exact) mass is 794 g/mol. The van der Waals surface area contributed by atoms with Gasteiger partial charge in [-0.05, 0) is 111 Å². The number of anilines is 3. The van der Waals surface area contributed by atoms with Crippen molar-refractivity contribution in [3.63, 3.8) is 0 Å². The van der Waals surface area contributed by atoms with E-state index < -0.39 is 0 Å². The Labute approximate surface area is 358 Å². The van der Waals surface area contributed by atoms with Crippen LogP contribution in [0.1, 0.15) is 0 Å². The largest absolute Gasteiger partial charge is 0.310 e. The molecular formula is C58H38N2S. The quantitative estimate of drug-likeness (QED) is 0.156. The van der Waals surface area contributed by atoms with Gasteiger partial charge in [0.15, 0.2) is 0 Å². The first-order valence-corrected chi connectivity index (χ1v) is 21.6. The van der Waals surface area contributed by atoms with Gasteiger partial charge in [0.25, 0.3) is 0 Å². The molecular weight excluding hydrogens is 757 g/mol. The van der Waals surface area contributed by atoms with Crippen molar-refractivity contribution >= 4 is 81.1 Å². The maximum absolute atomic E-state index is 2.43. The number of rotatable bonds is 7. The van der Waals surface area contributed by atoms with Crippen LogP contribution in [-0.4, -0.2) is 4.57 Å². The lowest BCUT2D eigenvalue weighted by Gasteiger charge is -2.28. The van der Waals surface area contributed by atoms with Crippen LogP contribution in [0, 0.1) is 0 Å². The maximum atomic E-state index is 2.43. The van der Waals surface area contributed by atoms with Gasteiger partial charge in [-0.25, -0.2) is 0 Å². The normalized spacial score (nSPS) is 11.6. The SMILES string of the molecule is c1cc(N(c2ccc(-c3ccc(-c4ccc5ccccc5c4)cc3)cc2)c2ccccc2-c2ccc3sc4ccccc4c3c2)cc(-n2c3ccccc3c3ccccc32)c1. The van der Waals surface area contributed by atoms with E-state index in [0.29, 0.717) is 0 Å². The van der Waals surface area contributed by atoms with Gasteiger partial charge in [0, 0.05) is 53.6 Å². The Morgan fingerprint density at radius 2 is 0.902 bits per heavy atom. The van der Waals surface area contributed by atoms with Crippen molar-refractivity contribution in [2.45, 2.75) is 0 Å². The molecule has 0 amide bonds. The number of hydrogen-bond donors (Lipinski definition) is 0. The van der Waals surface area contributed by atoms with Gasteiger partial charge >= 0.3 is 0 Å². The summed E-state index contributed by atoms with van der Waals surface area (Å²) in [6.45, 7) is 0. The lowest BCUT2D eigenvalue weighted by atomic mass is 9.98. The molecule has 12 aromatic rings. The van der Waals surface area contributed by atoms with Crippen LogP contribution in [0.25, 0.3) is 91.8 Å². The van der Waals surface area contributed by atoms with E-state index in [-0.39, 0.29) is 0 Å². The van der Waals surface area contributed by atoms with Crippen molar-refractivity contribution in [3.8, 4) is 39.1 Å². The molecule has 286 valence electrons. The zero-order chi connectivity index (χ0) is 40.3. The van der Waals surface area contributed by atoms with Gasteiger partial charge in [0.05, 0.1) is 16.7 Å². The Kier molecular flexibility index (Phi) is 8.39. The van der Waals surface area contributed by atoms with E-state index in [9.17, 15) is 0 Å². The summed E-state index contributed by atoms with van der Waals surface area (Å²) in [7, 11) is 0. The summed E-state index contributed by atoms with van der Waals surface area (Å²) in [5.41, 5.74) is 14.0. The number of hydrogen-bond acceptors (Lipinski definition) is 2. The molecule has 0 saturated heterocycles. The number of para-hydroxylation sites is 3. The molecule has 0 spiro atoms. The van der Waals surface area contributed by atoms with Crippen LogP contribution in [0.2, 0.25) is 0 Å². The van der Waals surface area contributed by atoms with Gasteiger partial charge in [-0.2, -0.15) is 0 Å². The summed E-state index contributed by atoms with van der Waals surface area (Å²) >= 11 is 1.86. The van der Waals surface area contributed by atoms with E-state index >= 15 is 0 Å². The Hall–Kier alpha value is -7.72. The van der Waals surface area contributed by atoms with Crippen LogP contribution in [-0.2, 0) is 0 Å². The minimum absolute atomic E-state index is 1.08. The zero-order valence-electron chi connectivity index (χ0n) is 33.2. The van der Waals surface area contributed by atoms with Crippen molar-refractivity contribution in [1.82, 2.24) is 4.57 Å². The van der Waals surface area contributed by atoms with Crippen molar-refractivity contribution in [2.24, 2.45) is 0 Å². The standard InChI is InChI=1S/C58H38N2S/c1-2-13-43-36-44(29-28-39(43)12-1)42-26-24-40(25-27-42)41-30-33-46(34-31-41)59(47-14-11-15-48(38-47)60-55-21-8-4-17-50(55)51-18-5-9-22-56(51)60)54-20-7-3-16-49(54)45-32-35-58-53(37-45)52-19-6-10-23-57(52)61-58/h1-38H. The fraction of sp³-hybridized carbons (Fsp3) is 0. The average Bonchev–Trinajstić information content (AvgIpc) is 3.88. The minimum Gasteiger partial charge on any atom is -0.310 e. The lowest BCUT2D eigenvalue weighted by Crippen LogP contribution is -2.11. The Bertz CT molecular complexity index is 3540. The van der Waals surface area contributed by atoms with E-state index in [1.807, 2.05) is 11.3 Å². The summed E-state index contributed by atoms with van der Waals surface area (Å²) < 4.78 is 5.02. The lowest BCUT2D eigenvalue weighted by molar-refractivity contribution is 1.17. The Balaban J connectivity index is 0.984. The fourth-order valence-electron chi connectivity index (χ4n) is 9.23.